The number of benzene rings is 1. The molecule has 0 saturated heterocycles. The fraction of sp³-hybridized carbons (Fsp3) is 0.250. The highest BCUT2D eigenvalue weighted by Crippen LogP contribution is 2.35. The molecule has 0 atom stereocenters. The van der Waals surface area contributed by atoms with Crippen LogP contribution in [0.2, 0.25) is 0 Å². The van der Waals surface area contributed by atoms with Gasteiger partial charge in [-0.25, -0.2) is 4.98 Å². The van der Waals surface area contributed by atoms with Crippen molar-refractivity contribution in [2.45, 2.75) is 13.3 Å². The van der Waals surface area contributed by atoms with Crippen molar-refractivity contribution >= 4 is 22.7 Å². The second-order valence-corrected chi connectivity index (χ2v) is 6.60. The molecule has 0 saturated carbocycles. The molecule has 1 N–H and O–H groups in total. The molecule has 0 fully saturated rings. The maximum atomic E-state index is 4.86. The van der Waals surface area contributed by atoms with E-state index >= 15 is 0 Å². The van der Waals surface area contributed by atoms with Gasteiger partial charge in [-0.15, -0.1) is 22.7 Å². The molecule has 5 heteroatoms. The van der Waals surface area contributed by atoms with Crippen molar-refractivity contribution in [2.24, 2.45) is 0 Å². The Balaban J connectivity index is 1.96. The van der Waals surface area contributed by atoms with Gasteiger partial charge in [0.25, 0.3) is 0 Å². The Labute approximate surface area is 132 Å². The van der Waals surface area contributed by atoms with Gasteiger partial charge in [-0.2, -0.15) is 0 Å². The van der Waals surface area contributed by atoms with E-state index in [1.54, 1.807) is 22.7 Å². The summed E-state index contributed by atoms with van der Waals surface area (Å²) in [6.07, 6.45) is 2.90. The van der Waals surface area contributed by atoms with Gasteiger partial charge in [0.2, 0.25) is 0 Å². The van der Waals surface area contributed by atoms with Crippen molar-refractivity contribution in [1.82, 2.24) is 15.3 Å². The molecular formula is C16H17N3S2. The third-order valence-corrected chi connectivity index (χ3v) is 5.22. The van der Waals surface area contributed by atoms with E-state index in [1.165, 1.54) is 10.4 Å². The minimum absolute atomic E-state index is 0.987. The normalized spacial score (nSPS) is 10.9. The quantitative estimate of drug-likeness (QED) is 0.696. The molecule has 0 aliphatic heterocycles. The monoisotopic (exact) mass is 315 g/mol. The largest absolute Gasteiger partial charge is 0.317 e. The van der Waals surface area contributed by atoms with Crippen LogP contribution in [0.15, 0.2) is 42.0 Å². The SMILES string of the molecule is CCNCCc1sc(-c2cncs2)nc1-c1ccccc1. The molecule has 0 spiro atoms. The zero-order valence-electron chi connectivity index (χ0n) is 11.9. The van der Waals surface area contributed by atoms with Gasteiger partial charge < -0.3 is 5.32 Å². The Hall–Kier alpha value is -1.56. The third-order valence-electron chi connectivity index (χ3n) is 3.17. The smallest absolute Gasteiger partial charge is 0.135 e. The molecule has 0 unspecified atom stereocenters. The molecule has 0 aliphatic rings. The number of nitrogens with one attached hydrogen (secondary N) is 1. The fourth-order valence-electron chi connectivity index (χ4n) is 2.15. The van der Waals surface area contributed by atoms with Crippen molar-refractivity contribution in [3.8, 4) is 21.1 Å². The van der Waals surface area contributed by atoms with Crippen LogP contribution in [-0.4, -0.2) is 23.1 Å². The summed E-state index contributed by atoms with van der Waals surface area (Å²) in [5.74, 6) is 0. The molecule has 3 rings (SSSR count). The number of aromatic nitrogens is 2. The van der Waals surface area contributed by atoms with E-state index in [0.29, 0.717) is 0 Å². The Morgan fingerprint density at radius 3 is 2.76 bits per heavy atom. The highest BCUT2D eigenvalue weighted by Gasteiger charge is 2.14. The van der Waals surface area contributed by atoms with Gasteiger partial charge in [-0.1, -0.05) is 37.3 Å². The van der Waals surface area contributed by atoms with E-state index in [9.17, 15) is 0 Å². The number of thiazole rings is 2. The Morgan fingerprint density at radius 1 is 1.19 bits per heavy atom. The molecule has 21 heavy (non-hydrogen) atoms. The Bertz CT molecular complexity index is 675. The molecule has 0 amide bonds. The van der Waals surface area contributed by atoms with E-state index in [2.05, 4.69) is 41.5 Å². The Kier molecular flexibility index (Phi) is 4.75. The first-order valence-electron chi connectivity index (χ1n) is 7.03. The summed E-state index contributed by atoms with van der Waals surface area (Å²) in [4.78, 5) is 11.5. The van der Waals surface area contributed by atoms with Gasteiger partial charge in [-0.3, -0.25) is 4.98 Å². The number of rotatable bonds is 6. The van der Waals surface area contributed by atoms with E-state index in [0.717, 1.165) is 35.1 Å². The maximum Gasteiger partial charge on any atom is 0.135 e. The summed E-state index contributed by atoms with van der Waals surface area (Å²) in [6.45, 7) is 4.12. The Morgan fingerprint density at radius 2 is 2.05 bits per heavy atom. The lowest BCUT2D eigenvalue weighted by Gasteiger charge is -2.03. The van der Waals surface area contributed by atoms with Crippen molar-refractivity contribution in [3.05, 3.63) is 46.9 Å². The standard InChI is InChI=1S/C16H17N3S2/c1-2-17-9-8-13-15(12-6-4-3-5-7-12)19-16(21-13)14-10-18-11-20-14/h3-7,10-11,17H,2,8-9H2,1H3. The average molecular weight is 315 g/mol. The van der Waals surface area contributed by atoms with Crippen LogP contribution in [-0.2, 0) is 6.42 Å². The predicted molar refractivity (Wildman–Crippen MR) is 90.9 cm³/mol. The van der Waals surface area contributed by atoms with Gasteiger partial charge >= 0.3 is 0 Å². The molecular weight excluding hydrogens is 298 g/mol. The summed E-state index contributed by atoms with van der Waals surface area (Å²) in [5, 5.41) is 4.46. The minimum atomic E-state index is 0.987. The van der Waals surface area contributed by atoms with Crippen molar-refractivity contribution < 1.29 is 0 Å². The topological polar surface area (TPSA) is 37.8 Å². The van der Waals surface area contributed by atoms with Crippen LogP contribution in [0.5, 0.6) is 0 Å². The molecule has 3 nitrogen and oxygen atoms in total. The maximum absolute atomic E-state index is 4.86. The van der Waals surface area contributed by atoms with E-state index < -0.39 is 0 Å². The van der Waals surface area contributed by atoms with Crippen LogP contribution in [0.3, 0.4) is 0 Å². The summed E-state index contributed by atoms with van der Waals surface area (Å²) in [6, 6.07) is 10.4. The van der Waals surface area contributed by atoms with Gasteiger partial charge in [0.15, 0.2) is 0 Å². The highest BCUT2D eigenvalue weighted by molar-refractivity contribution is 7.21. The molecule has 0 bridgehead atoms. The minimum Gasteiger partial charge on any atom is -0.317 e. The van der Waals surface area contributed by atoms with Crippen molar-refractivity contribution in [1.29, 1.82) is 0 Å². The lowest BCUT2D eigenvalue weighted by molar-refractivity contribution is 0.721. The molecule has 108 valence electrons. The van der Waals surface area contributed by atoms with Crippen LogP contribution in [0, 0.1) is 0 Å². The second-order valence-electron chi connectivity index (χ2n) is 4.63. The summed E-state index contributed by atoms with van der Waals surface area (Å²) in [5.41, 5.74) is 4.16. The summed E-state index contributed by atoms with van der Waals surface area (Å²) < 4.78 is 0. The first kappa shape index (κ1) is 14.4. The zero-order chi connectivity index (χ0) is 14.5. The van der Waals surface area contributed by atoms with Crippen LogP contribution >= 0.6 is 22.7 Å². The van der Waals surface area contributed by atoms with Crippen molar-refractivity contribution in [3.63, 3.8) is 0 Å². The molecule has 0 aliphatic carbocycles. The summed E-state index contributed by atoms with van der Waals surface area (Å²) in [7, 11) is 0. The third kappa shape index (κ3) is 3.37. The molecule has 1 aromatic carbocycles. The number of nitrogens with zero attached hydrogens (tertiary/aromatic N) is 2. The van der Waals surface area contributed by atoms with E-state index in [1.807, 2.05) is 17.8 Å². The first-order valence-corrected chi connectivity index (χ1v) is 8.72. The molecule has 2 aromatic heterocycles. The number of hydrogen-bond acceptors (Lipinski definition) is 5. The number of likely N-dealkylation sites (N-methyl/N-ethyl adjacent to an activating group) is 1. The van der Waals surface area contributed by atoms with Crippen LogP contribution in [0.1, 0.15) is 11.8 Å². The number of hydrogen-bond donors (Lipinski definition) is 1. The van der Waals surface area contributed by atoms with Crippen LogP contribution in [0.4, 0.5) is 0 Å². The van der Waals surface area contributed by atoms with Gasteiger partial charge in [0, 0.05) is 23.2 Å². The summed E-state index contributed by atoms with van der Waals surface area (Å²) >= 11 is 3.42. The highest BCUT2D eigenvalue weighted by atomic mass is 32.1. The lowest BCUT2D eigenvalue weighted by atomic mass is 10.1. The van der Waals surface area contributed by atoms with Gasteiger partial charge in [-0.05, 0) is 13.0 Å². The fourth-order valence-corrected chi connectivity index (χ4v) is 3.91. The van der Waals surface area contributed by atoms with Gasteiger partial charge in [0.05, 0.1) is 16.1 Å². The second kappa shape index (κ2) is 6.93. The van der Waals surface area contributed by atoms with Crippen LogP contribution in [0.25, 0.3) is 21.1 Å². The molecule has 0 radical (unpaired) electrons. The van der Waals surface area contributed by atoms with E-state index in [-0.39, 0.29) is 0 Å². The first-order chi connectivity index (χ1) is 10.4. The van der Waals surface area contributed by atoms with Crippen LogP contribution < -0.4 is 5.32 Å². The van der Waals surface area contributed by atoms with Gasteiger partial charge in [0.1, 0.15) is 5.01 Å². The van der Waals surface area contributed by atoms with Crippen molar-refractivity contribution in [2.75, 3.05) is 13.1 Å². The predicted octanol–water partition coefficient (Wildman–Crippen LogP) is 4.09. The molecule has 3 aromatic rings. The lowest BCUT2D eigenvalue weighted by Crippen LogP contribution is -2.15. The zero-order valence-corrected chi connectivity index (χ0v) is 13.5. The molecule has 2 heterocycles. The average Bonchev–Trinajstić information content (AvgIpc) is 3.18. The van der Waals surface area contributed by atoms with E-state index in [4.69, 9.17) is 4.98 Å².